The van der Waals surface area contributed by atoms with E-state index in [-0.39, 0.29) is 0 Å². The fourth-order valence-electron chi connectivity index (χ4n) is 3.50. The highest BCUT2D eigenvalue weighted by molar-refractivity contribution is 5.76. The molecular weight excluding hydrogens is 348 g/mol. The molecule has 0 radical (unpaired) electrons. The Morgan fingerprint density at radius 3 is 2.54 bits per heavy atom. The van der Waals surface area contributed by atoms with Crippen LogP contribution in [0.2, 0.25) is 0 Å². The summed E-state index contributed by atoms with van der Waals surface area (Å²) in [6, 6.07) is 10.3. The Morgan fingerprint density at radius 1 is 1.07 bits per heavy atom. The fourth-order valence-corrected chi connectivity index (χ4v) is 3.50. The molecule has 4 nitrogen and oxygen atoms in total. The zero-order valence-electron chi connectivity index (χ0n) is 17.7. The molecule has 0 N–H and O–H groups in total. The molecule has 0 aromatic heterocycles. The Bertz CT molecular complexity index is 553. The number of morpholine rings is 1. The van der Waals surface area contributed by atoms with Crippen LogP contribution in [0.25, 0.3) is 6.08 Å². The monoisotopic (exact) mass is 386 g/mol. The maximum Gasteiger partial charge on any atom is 0.222 e. The van der Waals surface area contributed by atoms with Gasteiger partial charge in [-0.2, -0.15) is 0 Å². The van der Waals surface area contributed by atoms with Gasteiger partial charge in [0.1, 0.15) is 0 Å². The van der Waals surface area contributed by atoms with Gasteiger partial charge < -0.3 is 9.64 Å². The van der Waals surface area contributed by atoms with Crippen LogP contribution in [0.4, 0.5) is 0 Å². The number of amides is 1. The molecule has 0 saturated carbocycles. The summed E-state index contributed by atoms with van der Waals surface area (Å²) in [6.07, 6.45) is 12.2. The maximum absolute atomic E-state index is 12.8. The molecule has 1 aromatic rings. The molecule has 1 amide bonds. The van der Waals surface area contributed by atoms with E-state index in [4.69, 9.17) is 4.74 Å². The largest absolute Gasteiger partial charge is 0.379 e. The third-order valence-corrected chi connectivity index (χ3v) is 5.32. The van der Waals surface area contributed by atoms with Crippen LogP contribution < -0.4 is 0 Å². The van der Waals surface area contributed by atoms with Gasteiger partial charge in [0, 0.05) is 39.1 Å². The van der Waals surface area contributed by atoms with Crippen LogP contribution in [0.1, 0.15) is 57.4 Å². The molecule has 1 fully saturated rings. The molecule has 4 heteroatoms. The third kappa shape index (κ3) is 9.52. The Balaban J connectivity index is 1.79. The number of carbonyl (C=O) groups excluding carboxylic acids is 1. The molecule has 1 aliphatic rings. The molecule has 0 bridgehead atoms. The van der Waals surface area contributed by atoms with Crippen molar-refractivity contribution < 1.29 is 9.53 Å². The van der Waals surface area contributed by atoms with E-state index >= 15 is 0 Å². The number of unbranched alkanes of at least 4 members (excludes halogenated alkanes) is 5. The standard InChI is InChI=1S/C24H38N2O2/c1-2-3-4-5-6-10-15-24(27)26(18-17-25-19-21-28-22-20-25)16-11-14-23-12-8-7-9-13-23/h7-9,11-14H,2-6,10,15-22H2,1H3/b14-11+. The van der Waals surface area contributed by atoms with Crippen LogP contribution in [0.5, 0.6) is 0 Å². The minimum absolute atomic E-state index is 0.293. The summed E-state index contributed by atoms with van der Waals surface area (Å²) in [4.78, 5) is 17.2. The summed E-state index contributed by atoms with van der Waals surface area (Å²) >= 11 is 0. The van der Waals surface area contributed by atoms with Crippen molar-refractivity contribution in [1.82, 2.24) is 9.80 Å². The van der Waals surface area contributed by atoms with Crippen molar-refractivity contribution in [1.29, 1.82) is 0 Å². The molecule has 28 heavy (non-hydrogen) atoms. The van der Waals surface area contributed by atoms with Crippen LogP contribution in [0.3, 0.4) is 0 Å². The lowest BCUT2D eigenvalue weighted by atomic mass is 10.1. The Labute approximate surface area is 171 Å². The van der Waals surface area contributed by atoms with Gasteiger partial charge in [-0.05, 0) is 12.0 Å². The Morgan fingerprint density at radius 2 is 1.79 bits per heavy atom. The minimum Gasteiger partial charge on any atom is -0.379 e. The lowest BCUT2D eigenvalue weighted by molar-refractivity contribution is -0.131. The van der Waals surface area contributed by atoms with Crippen LogP contribution in [-0.4, -0.2) is 61.6 Å². The van der Waals surface area contributed by atoms with Crippen molar-refractivity contribution in [3.63, 3.8) is 0 Å². The highest BCUT2D eigenvalue weighted by Crippen LogP contribution is 2.09. The molecule has 0 atom stereocenters. The second kappa shape index (κ2) is 14.4. The zero-order valence-corrected chi connectivity index (χ0v) is 17.7. The molecule has 0 aliphatic carbocycles. The molecular formula is C24H38N2O2. The first-order valence-electron chi connectivity index (χ1n) is 11.1. The molecule has 0 unspecified atom stereocenters. The highest BCUT2D eigenvalue weighted by Gasteiger charge is 2.15. The first-order valence-corrected chi connectivity index (χ1v) is 11.1. The first-order chi connectivity index (χ1) is 13.8. The average Bonchev–Trinajstić information content (AvgIpc) is 2.74. The molecule has 0 spiro atoms. The van der Waals surface area contributed by atoms with E-state index in [1.165, 1.54) is 37.7 Å². The van der Waals surface area contributed by atoms with E-state index < -0.39 is 0 Å². The molecule has 1 heterocycles. The number of hydrogen-bond donors (Lipinski definition) is 0. The molecule has 1 aliphatic heterocycles. The normalized spacial score (nSPS) is 15.2. The number of ether oxygens (including phenoxy) is 1. The Hall–Kier alpha value is -1.65. The third-order valence-electron chi connectivity index (χ3n) is 5.32. The Kier molecular flexibility index (Phi) is 11.6. The summed E-state index contributed by atoms with van der Waals surface area (Å²) in [6.45, 7) is 8.21. The topological polar surface area (TPSA) is 32.8 Å². The van der Waals surface area contributed by atoms with Crippen molar-refractivity contribution in [2.24, 2.45) is 0 Å². The lowest BCUT2D eigenvalue weighted by Gasteiger charge is -2.29. The van der Waals surface area contributed by atoms with Crippen molar-refractivity contribution in [3.05, 3.63) is 42.0 Å². The van der Waals surface area contributed by atoms with Crippen LogP contribution in [0, 0.1) is 0 Å². The predicted molar refractivity (Wildman–Crippen MR) is 117 cm³/mol. The van der Waals surface area contributed by atoms with E-state index in [0.717, 1.165) is 45.8 Å². The van der Waals surface area contributed by atoms with Crippen molar-refractivity contribution in [2.75, 3.05) is 45.9 Å². The number of rotatable bonds is 13. The van der Waals surface area contributed by atoms with E-state index in [1.807, 2.05) is 23.1 Å². The smallest absolute Gasteiger partial charge is 0.222 e. The average molecular weight is 387 g/mol. The van der Waals surface area contributed by atoms with Gasteiger partial charge in [0.15, 0.2) is 0 Å². The molecule has 2 rings (SSSR count). The van der Waals surface area contributed by atoms with Gasteiger partial charge >= 0.3 is 0 Å². The maximum atomic E-state index is 12.8. The number of nitrogens with zero attached hydrogens (tertiary/aromatic N) is 2. The second-order valence-electron chi connectivity index (χ2n) is 7.62. The summed E-state index contributed by atoms with van der Waals surface area (Å²) < 4.78 is 5.43. The number of hydrogen-bond acceptors (Lipinski definition) is 3. The SMILES string of the molecule is CCCCCCCCC(=O)N(C/C=C/c1ccccc1)CCN1CCOCC1. The van der Waals surface area contributed by atoms with E-state index in [0.29, 0.717) is 18.9 Å². The highest BCUT2D eigenvalue weighted by atomic mass is 16.5. The van der Waals surface area contributed by atoms with E-state index in [1.54, 1.807) is 0 Å². The minimum atomic E-state index is 0.293. The molecule has 156 valence electrons. The van der Waals surface area contributed by atoms with Crippen molar-refractivity contribution in [3.8, 4) is 0 Å². The summed E-state index contributed by atoms with van der Waals surface area (Å²) in [5, 5.41) is 0. The summed E-state index contributed by atoms with van der Waals surface area (Å²) in [5.41, 5.74) is 1.18. The molecule has 1 saturated heterocycles. The summed E-state index contributed by atoms with van der Waals surface area (Å²) in [7, 11) is 0. The van der Waals surface area contributed by atoms with Gasteiger partial charge in [0.05, 0.1) is 13.2 Å². The second-order valence-corrected chi connectivity index (χ2v) is 7.62. The van der Waals surface area contributed by atoms with Crippen LogP contribution in [0.15, 0.2) is 36.4 Å². The van der Waals surface area contributed by atoms with Gasteiger partial charge in [-0.15, -0.1) is 0 Å². The zero-order chi connectivity index (χ0) is 19.9. The number of carbonyl (C=O) groups is 1. The van der Waals surface area contributed by atoms with Crippen molar-refractivity contribution >= 4 is 12.0 Å². The first kappa shape index (κ1) is 22.6. The summed E-state index contributed by atoms with van der Waals surface area (Å²) in [5.74, 6) is 0.293. The van der Waals surface area contributed by atoms with E-state index in [9.17, 15) is 4.79 Å². The van der Waals surface area contributed by atoms with E-state index in [2.05, 4.69) is 36.1 Å². The number of benzene rings is 1. The van der Waals surface area contributed by atoms with Gasteiger partial charge in [-0.3, -0.25) is 9.69 Å². The molecule has 1 aromatic carbocycles. The van der Waals surface area contributed by atoms with Gasteiger partial charge in [0.25, 0.3) is 0 Å². The fraction of sp³-hybridized carbons (Fsp3) is 0.625. The van der Waals surface area contributed by atoms with Gasteiger partial charge in [-0.1, -0.05) is 81.5 Å². The quantitative estimate of drug-likeness (QED) is 0.464. The van der Waals surface area contributed by atoms with Crippen LogP contribution >= 0.6 is 0 Å². The van der Waals surface area contributed by atoms with Gasteiger partial charge in [0.2, 0.25) is 5.91 Å². The van der Waals surface area contributed by atoms with Crippen molar-refractivity contribution in [2.45, 2.75) is 51.9 Å². The lowest BCUT2D eigenvalue weighted by Crippen LogP contribution is -2.43. The van der Waals surface area contributed by atoms with Gasteiger partial charge in [-0.25, -0.2) is 0 Å². The predicted octanol–water partition coefficient (Wildman–Crippen LogP) is 4.61. The van der Waals surface area contributed by atoms with Crippen LogP contribution in [-0.2, 0) is 9.53 Å².